The number of ether oxygens (including phenoxy) is 1. The van der Waals surface area contributed by atoms with E-state index < -0.39 is 0 Å². The second-order valence-electron chi connectivity index (χ2n) is 6.15. The Labute approximate surface area is 154 Å². The van der Waals surface area contributed by atoms with Crippen LogP contribution in [-0.4, -0.2) is 23.6 Å². The number of anilines is 3. The number of nitrogens with zero attached hydrogens (tertiary/aromatic N) is 2. The van der Waals surface area contributed by atoms with E-state index in [0.717, 1.165) is 30.2 Å². The average molecular weight is 348 g/mol. The number of hydrogen-bond acceptors (Lipinski definition) is 5. The smallest absolute Gasteiger partial charge is 0.229 e. The first-order valence-electron chi connectivity index (χ1n) is 8.69. The lowest BCUT2D eigenvalue weighted by atomic mass is 10.1. The lowest BCUT2D eigenvalue weighted by molar-refractivity contribution is 0.410. The van der Waals surface area contributed by atoms with Gasteiger partial charge >= 0.3 is 0 Å². The van der Waals surface area contributed by atoms with Crippen LogP contribution < -0.4 is 15.4 Å². The fraction of sp³-hybridized carbons (Fsp3) is 0.238. The molecule has 3 rings (SSSR count). The van der Waals surface area contributed by atoms with Gasteiger partial charge in [0.15, 0.2) is 0 Å². The summed E-state index contributed by atoms with van der Waals surface area (Å²) in [6.45, 7) is 4.91. The van der Waals surface area contributed by atoms with Gasteiger partial charge in [-0.3, -0.25) is 0 Å². The fourth-order valence-corrected chi connectivity index (χ4v) is 2.88. The molecule has 0 fully saturated rings. The average Bonchev–Trinajstić information content (AvgIpc) is 2.66. The minimum Gasteiger partial charge on any atom is -0.496 e. The Morgan fingerprint density at radius 1 is 0.962 bits per heavy atom. The van der Waals surface area contributed by atoms with Crippen LogP contribution in [0.15, 0.2) is 54.7 Å². The summed E-state index contributed by atoms with van der Waals surface area (Å²) < 4.78 is 5.39. The van der Waals surface area contributed by atoms with Gasteiger partial charge < -0.3 is 15.4 Å². The first kappa shape index (κ1) is 17.7. The van der Waals surface area contributed by atoms with Crippen molar-refractivity contribution in [1.29, 1.82) is 0 Å². The van der Waals surface area contributed by atoms with E-state index in [4.69, 9.17) is 4.74 Å². The van der Waals surface area contributed by atoms with Gasteiger partial charge in [0.2, 0.25) is 5.95 Å². The second kappa shape index (κ2) is 8.34. The molecule has 26 heavy (non-hydrogen) atoms. The number of hydrogen-bond donors (Lipinski definition) is 2. The zero-order valence-corrected chi connectivity index (χ0v) is 15.4. The molecule has 3 aromatic rings. The van der Waals surface area contributed by atoms with E-state index in [2.05, 4.69) is 52.6 Å². The van der Waals surface area contributed by atoms with E-state index in [-0.39, 0.29) is 0 Å². The Morgan fingerprint density at radius 3 is 2.50 bits per heavy atom. The molecule has 0 unspecified atom stereocenters. The number of aryl methyl sites for hydroxylation is 2. The summed E-state index contributed by atoms with van der Waals surface area (Å²) in [5, 5.41) is 6.68. The first-order chi connectivity index (χ1) is 12.7. The van der Waals surface area contributed by atoms with Gasteiger partial charge in [-0.1, -0.05) is 36.4 Å². The molecule has 0 aliphatic carbocycles. The van der Waals surface area contributed by atoms with E-state index in [1.165, 1.54) is 16.7 Å². The minimum absolute atomic E-state index is 0.588. The molecule has 0 spiro atoms. The number of methoxy groups -OCH3 is 1. The molecule has 5 nitrogen and oxygen atoms in total. The maximum Gasteiger partial charge on any atom is 0.229 e. The summed E-state index contributed by atoms with van der Waals surface area (Å²) >= 11 is 0. The molecule has 0 saturated carbocycles. The van der Waals surface area contributed by atoms with Crippen molar-refractivity contribution < 1.29 is 4.74 Å². The molecule has 0 atom stereocenters. The van der Waals surface area contributed by atoms with Crippen LogP contribution in [0.5, 0.6) is 5.75 Å². The molecule has 0 amide bonds. The molecule has 0 aliphatic heterocycles. The van der Waals surface area contributed by atoms with Crippen LogP contribution in [0.3, 0.4) is 0 Å². The highest BCUT2D eigenvalue weighted by atomic mass is 16.5. The lowest BCUT2D eigenvalue weighted by Gasteiger charge is -2.13. The maximum absolute atomic E-state index is 5.39. The van der Waals surface area contributed by atoms with E-state index in [1.807, 2.05) is 30.3 Å². The third-order valence-corrected chi connectivity index (χ3v) is 4.27. The first-order valence-corrected chi connectivity index (χ1v) is 8.69. The topological polar surface area (TPSA) is 59.1 Å². The van der Waals surface area contributed by atoms with E-state index in [9.17, 15) is 0 Å². The van der Waals surface area contributed by atoms with Crippen molar-refractivity contribution in [2.75, 3.05) is 24.3 Å². The van der Waals surface area contributed by atoms with Gasteiger partial charge in [-0.25, -0.2) is 4.98 Å². The molecule has 0 bridgehead atoms. The summed E-state index contributed by atoms with van der Waals surface area (Å²) in [7, 11) is 1.70. The van der Waals surface area contributed by atoms with Gasteiger partial charge in [0.25, 0.3) is 0 Å². The molecule has 5 heteroatoms. The zero-order chi connectivity index (χ0) is 18.4. The van der Waals surface area contributed by atoms with Gasteiger partial charge in [0.1, 0.15) is 11.6 Å². The molecule has 2 aromatic carbocycles. The van der Waals surface area contributed by atoms with Crippen LogP contribution in [0.4, 0.5) is 17.5 Å². The molecule has 0 saturated heterocycles. The Balaban J connectivity index is 1.64. The predicted molar refractivity (Wildman–Crippen MR) is 106 cm³/mol. The van der Waals surface area contributed by atoms with Crippen LogP contribution >= 0.6 is 0 Å². The number of nitrogens with one attached hydrogen (secondary N) is 2. The van der Waals surface area contributed by atoms with Gasteiger partial charge in [-0.2, -0.15) is 4.98 Å². The largest absolute Gasteiger partial charge is 0.496 e. The maximum atomic E-state index is 5.39. The minimum atomic E-state index is 0.588. The monoisotopic (exact) mass is 348 g/mol. The number of rotatable bonds is 7. The molecular formula is C21H24N4O. The molecule has 1 heterocycles. The fourth-order valence-electron chi connectivity index (χ4n) is 2.88. The zero-order valence-electron chi connectivity index (χ0n) is 15.4. The predicted octanol–water partition coefficient (Wildman–Crippen LogP) is 4.50. The molecule has 0 radical (unpaired) electrons. The second-order valence-corrected chi connectivity index (χ2v) is 6.15. The Bertz CT molecular complexity index is 859. The van der Waals surface area contributed by atoms with Crippen molar-refractivity contribution in [1.82, 2.24) is 9.97 Å². The van der Waals surface area contributed by atoms with Crippen molar-refractivity contribution in [3.05, 3.63) is 71.4 Å². The van der Waals surface area contributed by atoms with E-state index in [0.29, 0.717) is 5.95 Å². The Hall–Kier alpha value is -3.08. The highest BCUT2D eigenvalue weighted by Crippen LogP contribution is 2.23. The molecule has 134 valence electrons. The van der Waals surface area contributed by atoms with Crippen LogP contribution in [0.2, 0.25) is 0 Å². The van der Waals surface area contributed by atoms with Crippen molar-refractivity contribution in [2.24, 2.45) is 0 Å². The van der Waals surface area contributed by atoms with Gasteiger partial charge in [-0.15, -0.1) is 0 Å². The van der Waals surface area contributed by atoms with Crippen LogP contribution in [0.1, 0.15) is 16.7 Å². The van der Waals surface area contributed by atoms with Gasteiger partial charge in [0, 0.05) is 18.4 Å². The SMILES string of the molecule is COc1ccccc1CCNc1ccnc(Nc2c(C)cccc2C)n1. The summed E-state index contributed by atoms with van der Waals surface area (Å²) in [5.74, 6) is 2.29. The van der Waals surface area contributed by atoms with Crippen LogP contribution in [0.25, 0.3) is 0 Å². The van der Waals surface area contributed by atoms with E-state index >= 15 is 0 Å². The number of para-hydroxylation sites is 2. The van der Waals surface area contributed by atoms with Crippen molar-refractivity contribution in [2.45, 2.75) is 20.3 Å². The van der Waals surface area contributed by atoms with E-state index in [1.54, 1.807) is 13.3 Å². The van der Waals surface area contributed by atoms with Crippen molar-refractivity contribution in [3.8, 4) is 5.75 Å². The third-order valence-electron chi connectivity index (χ3n) is 4.27. The van der Waals surface area contributed by atoms with Gasteiger partial charge in [0.05, 0.1) is 7.11 Å². The summed E-state index contributed by atoms with van der Waals surface area (Å²) in [6, 6.07) is 16.1. The highest BCUT2D eigenvalue weighted by Gasteiger charge is 2.06. The Kier molecular flexibility index (Phi) is 5.69. The Morgan fingerprint density at radius 2 is 1.73 bits per heavy atom. The molecule has 1 aromatic heterocycles. The van der Waals surface area contributed by atoms with Gasteiger partial charge in [-0.05, 0) is 49.1 Å². The summed E-state index contributed by atoms with van der Waals surface area (Å²) in [6.07, 6.45) is 2.61. The normalized spacial score (nSPS) is 10.4. The summed E-state index contributed by atoms with van der Waals surface area (Å²) in [4.78, 5) is 8.89. The van der Waals surface area contributed by atoms with Crippen LogP contribution in [0, 0.1) is 13.8 Å². The van der Waals surface area contributed by atoms with Crippen molar-refractivity contribution >= 4 is 17.5 Å². The lowest BCUT2D eigenvalue weighted by Crippen LogP contribution is -2.08. The molecule has 2 N–H and O–H groups in total. The molecule has 0 aliphatic rings. The highest BCUT2D eigenvalue weighted by molar-refractivity contribution is 5.63. The van der Waals surface area contributed by atoms with Crippen LogP contribution in [-0.2, 0) is 6.42 Å². The molecular weight excluding hydrogens is 324 g/mol. The number of aromatic nitrogens is 2. The summed E-state index contributed by atoms with van der Waals surface area (Å²) in [5.41, 5.74) is 4.57. The van der Waals surface area contributed by atoms with Crippen molar-refractivity contribution in [3.63, 3.8) is 0 Å². The number of benzene rings is 2. The quantitative estimate of drug-likeness (QED) is 0.658. The standard InChI is InChI=1S/C21H24N4O/c1-15-7-6-8-16(2)20(15)25-21-23-14-12-19(24-21)22-13-11-17-9-4-5-10-18(17)26-3/h4-10,12,14H,11,13H2,1-3H3,(H2,22,23,24,25). The third kappa shape index (κ3) is 4.30.